The molecule has 0 bridgehead atoms. The molecule has 0 atom stereocenters. The molecule has 0 aliphatic carbocycles. The van der Waals surface area contributed by atoms with Crippen LogP contribution in [0.15, 0.2) is 30.5 Å². The highest BCUT2D eigenvalue weighted by Gasteiger charge is 2.24. The van der Waals surface area contributed by atoms with E-state index in [0.717, 1.165) is 5.39 Å². The molecule has 0 saturated carbocycles. The van der Waals surface area contributed by atoms with Gasteiger partial charge >= 0.3 is 5.69 Å². The van der Waals surface area contributed by atoms with Crippen molar-refractivity contribution in [3.8, 4) is 0 Å². The van der Waals surface area contributed by atoms with Crippen LogP contribution < -0.4 is 4.90 Å². The van der Waals surface area contributed by atoms with E-state index in [4.69, 9.17) is 0 Å². The number of aliphatic hydroxyl groups is 1. The summed E-state index contributed by atoms with van der Waals surface area (Å²) in [6, 6.07) is 7.34. The minimum atomic E-state index is -0.429. The van der Waals surface area contributed by atoms with Gasteiger partial charge in [-0.1, -0.05) is 18.2 Å². The Balaban J connectivity index is 2.74. The zero-order valence-corrected chi connectivity index (χ0v) is 11.5. The second kappa shape index (κ2) is 5.83. The lowest BCUT2D eigenvalue weighted by atomic mass is 10.1. The molecule has 0 aliphatic rings. The number of benzene rings is 1. The van der Waals surface area contributed by atoms with Crippen molar-refractivity contribution in [2.75, 3.05) is 18.1 Å². The van der Waals surface area contributed by atoms with Crippen molar-refractivity contribution in [2.45, 2.75) is 19.9 Å². The third kappa shape index (κ3) is 2.55. The summed E-state index contributed by atoms with van der Waals surface area (Å²) in [4.78, 5) is 16.8. The van der Waals surface area contributed by atoms with Crippen LogP contribution in [0.25, 0.3) is 10.9 Å². The summed E-state index contributed by atoms with van der Waals surface area (Å²) in [5.41, 5.74) is 1.19. The second-order valence-electron chi connectivity index (χ2n) is 4.78. The van der Waals surface area contributed by atoms with Gasteiger partial charge < -0.3 is 10.0 Å². The Morgan fingerprint density at radius 2 is 2.10 bits per heavy atom. The number of pyridine rings is 1. The van der Waals surface area contributed by atoms with Crippen LogP contribution in [0.1, 0.15) is 13.8 Å². The van der Waals surface area contributed by atoms with Gasteiger partial charge in [-0.15, -0.1) is 0 Å². The van der Waals surface area contributed by atoms with Crippen molar-refractivity contribution < 1.29 is 10.0 Å². The highest BCUT2D eigenvalue weighted by molar-refractivity contribution is 5.96. The van der Waals surface area contributed by atoms with E-state index in [1.54, 1.807) is 0 Å². The molecule has 0 saturated heterocycles. The maximum absolute atomic E-state index is 11.3. The first-order valence-electron chi connectivity index (χ1n) is 6.46. The number of hydrogen-bond donors (Lipinski definition) is 1. The monoisotopic (exact) mass is 275 g/mol. The quantitative estimate of drug-likeness (QED) is 0.669. The van der Waals surface area contributed by atoms with E-state index < -0.39 is 4.92 Å². The van der Waals surface area contributed by atoms with Gasteiger partial charge in [0, 0.05) is 18.0 Å². The Morgan fingerprint density at radius 1 is 1.40 bits per heavy atom. The topological polar surface area (TPSA) is 79.5 Å². The van der Waals surface area contributed by atoms with Crippen molar-refractivity contribution >= 4 is 22.3 Å². The molecule has 1 N–H and O–H groups in total. The maximum Gasteiger partial charge on any atom is 0.311 e. The minimum Gasteiger partial charge on any atom is -0.395 e. The Labute approximate surface area is 116 Å². The summed E-state index contributed by atoms with van der Waals surface area (Å²) in [6.07, 6.45) is 1.28. The molecule has 0 amide bonds. The molecule has 0 unspecified atom stereocenters. The molecule has 0 radical (unpaired) electrons. The van der Waals surface area contributed by atoms with Gasteiger partial charge in [0.25, 0.3) is 0 Å². The van der Waals surface area contributed by atoms with Crippen LogP contribution in [-0.2, 0) is 0 Å². The standard InChI is InChI=1S/C14H17N3O3/c1-10(2)16(7-8-18)14-11-5-3-4-6-12(11)15-9-13(14)17(19)20/h3-6,9-10,18H,7-8H2,1-2H3. The van der Waals surface area contributed by atoms with Crippen LogP contribution in [0.3, 0.4) is 0 Å². The Kier molecular flexibility index (Phi) is 4.14. The predicted octanol–water partition coefficient (Wildman–Crippen LogP) is 2.35. The Hall–Kier alpha value is -2.21. The molecule has 6 nitrogen and oxygen atoms in total. The van der Waals surface area contributed by atoms with Gasteiger partial charge in [-0.3, -0.25) is 10.1 Å². The summed E-state index contributed by atoms with van der Waals surface area (Å²) < 4.78 is 0. The highest BCUT2D eigenvalue weighted by atomic mass is 16.6. The second-order valence-corrected chi connectivity index (χ2v) is 4.78. The van der Waals surface area contributed by atoms with Gasteiger partial charge in [-0.2, -0.15) is 0 Å². The lowest BCUT2D eigenvalue weighted by Crippen LogP contribution is -2.34. The molecular formula is C14H17N3O3. The zero-order chi connectivity index (χ0) is 14.7. The van der Waals surface area contributed by atoms with Crippen molar-refractivity contribution in [3.63, 3.8) is 0 Å². The molecule has 1 aromatic heterocycles. The Morgan fingerprint density at radius 3 is 2.70 bits per heavy atom. The van der Waals surface area contributed by atoms with E-state index in [0.29, 0.717) is 17.7 Å². The van der Waals surface area contributed by atoms with Crippen molar-refractivity contribution in [1.29, 1.82) is 0 Å². The van der Waals surface area contributed by atoms with Gasteiger partial charge in [0.2, 0.25) is 0 Å². The van der Waals surface area contributed by atoms with E-state index in [2.05, 4.69) is 4.98 Å². The molecule has 106 valence electrons. The molecule has 2 rings (SSSR count). The maximum atomic E-state index is 11.3. The smallest absolute Gasteiger partial charge is 0.311 e. The molecule has 1 aromatic carbocycles. The number of nitrogens with zero attached hydrogens (tertiary/aromatic N) is 3. The molecule has 0 fully saturated rings. The van der Waals surface area contributed by atoms with Gasteiger partial charge in [0.05, 0.1) is 17.0 Å². The van der Waals surface area contributed by atoms with E-state index in [1.165, 1.54) is 6.20 Å². The zero-order valence-electron chi connectivity index (χ0n) is 11.5. The van der Waals surface area contributed by atoms with Gasteiger partial charge in [0.15, 0.2) is 0 Å². The summed E-state index contributed by atoms with van der Waals surface area (Å²) in [7, 11) is 0. The fourth-order valence-electron chi connectivity index (χ4n) is 2.29. The van der Waals surface area contributed by atoms with Crippen LogP contribution in [0.2, 0.25) is 0 Å². The lowest BCUT2D eigenvalue weighted by Gasteiger charge is -2.28. The summed E-state index contributed by atoms with van der Waals surface area (Å²) in [6.45, 7) is 4.15. The summed E-state index contributed by atoms with van der Waals surface area (Å²) in [5, 5.41) is 21.2. The van der Waals surface area contributed by atoms with Gasteiger partial charge in [-0.05, 0) is 19.9 Å². The van der Waals surface area contributed by atoms with Gasteiger partial charge in [-0.25, -0.2) is 4.98 Å². The van der Waals surface area contributed by atoms with Crippen LogP contribution in [0.4, 0.5) is 11.4 Å². The third-order valence-corrected chi connectivity index (χ3v) is 3.18. The fourth-order valence-corrected chi connectivity index (χ4v) is 2.29. The molecule has 6 heteroatoms. The first-order valence-corrected chi connectivity index (χ1v) is 6.46. The number of rotatable bonds is 5. The molecule has 2 aromatic rings. The summed E-state index contributed by atoms with van der Waals surface area (Å²) >= 11 is 0. The normalized spacial score (nSPS) is 11.0. The van der Waals surface area contributed by atoms with E-state index in [1.807, 2.05) is 43.0 Å². The number of aliphatic hydroxyl groups excluding tert-OH is 1. The van der Waals surface area contributed by atoms with E-state index in [9.17, 15) is 15.2 Å². The van der Waals surface area contributed by atoms with E-state index >= 15 is 0 Å². The number of fused-ring (bicyclic) bond motifs is 1. The molecule has 1 heterocycles. The average molecular weight is 275 g/mol. The van der Waals surface area contributed by atoms with Crippen LogP contribution in [0.5, 0.6) is 0 Å². The summed E-state index contributed by atoms with van der Waals surface area (Å²) in [5.74, 6) is 0. The number of anilines is 1. The van der Waals surface area contributed by atoms with Crippen molar-refractivity contribution in [3.05, 3.63) is 40.6 Å². The lowest BCUT2D eigenvalue weighted by molar-refractivity contribution is -0.384. The first-order chi connectivity index (χ1) is 9.56. The third-order valence-electron chi connectivity index (χ3n) is 3.18. The highest BCUT2D eigenvalue weighted by Crippen LogP contribution is 2.35. The number of nitro groups is 1. The van der Waals surface area contributed by atoms with E-state index in [-0.39, 0.29) is 18.3 Å². The largest absolute Gasteiger partial charge is 0.395 e. The molecule has 20 heavy (non-hydrogen) atoms. The van der Waals surface area contributed by atoms with Crippen LogP contribution in [0, 0.1) is 10.1 Å². The van der Waals surface area contributed by atoms with Crippen molar-refractivity contribution in [2.24, 2.45) is 0 Å². The SMILES string of the molecule is CC(C)N(CCO)c1c([N+](=O)[O-])cnc2ccccc12. The van der Waals surface area contributed by atoms with Crippen LogP contribution in [-0.4, -0.2) is 34.2 Å². The van der Waals surface area contributed by atoms with Crippen molar-refractivity contribution in [1.82, 2.24) is 4.98 Å². The average Bonchev–Trinajstić information content (AvgIpc) is 2.43. The number of para-hydroxylation sites is 1. The Bertz CT molecular complexity index is 628. The van der Waals surface area contributed by atoms with Crippen LogP contribution >= 0.6 is 0 Å². The predicted molar refractivity (Wildman–Crippen MR) is 78.0 cm³/mol. The minimum absolute atomic E-state index is 0.0339. The molecule has 0 aliphatic heterocycles. The molecular weight excluding hydrogens is 258 g/mol. The first kappa shape index (κ1) is 14.2. The number of hydrogen-bond acceptors (Lipinski definition) is 5. The number of aromatic nitrogens is 1. The fraction of sp³-hybridized carbons (Fsp3) is 0.357. The van der Waals surface area contributed by atoms with Gasteiger partial charge in [0.1, 0.15) is 11.9 Å². The molecule has 0 spiro atoms.